The number of nitrogens with two attached hydrogens (primary N) is 1. The van der Waals surface area contributed by atoms with Gasteiger partial charge in [0.2, 0.25) is 0 Å². The number of hydrogen-bond donors (Lipinski definition) is 1. The lowest BCUT2D eigenvalue weighted by atomic mass is 10.0. The Labute approximate surface area is 110 Å². The predicted octanol–water partition coefficient (Wildman–Crippen LogP) is 4.11. The van der Waals surface area contributed by atoms with Gasteiger partial charge in [0.25, 0.3) is 0 Å². The van der Waals surface area contributed by atoms with E-state index >= 15 is 0 Å². The quantitative estimate of drug-likeness (QED) is 0.667. The predicted molar refractivity (Wildman–Crippen MR) is 62.9 cm³/mol. The van der Waals surface area contributed by atoms with Gasteiger partial charge in [-0.2, -0.15) is 0 Å². The second-order valence-electron chi connectivity index (χ2n) is 3.93. The van der Waals surface area contributed by atoms with Crippen LogP contribution in [0.1, 0.15) is 0 Å². The number of nitrogen functional groups attached to an aromatic ring is 1. The molecule has 0 spiro atoms. The molecule has 0 atom stereocenters. The van der Waals surface area contributed by atoms with Crippen molar-refractivity contribution in [3.63, 3.8) is 0 Å². The number of halogens is 5. The zero-order valence-electron chi connectivity index (χ0n) is 9.84. The third kappa shape index (κ3) is 3.17. The molecule has 0 heterocycles. The molecule has 2 N–H and O–H groups in total. The van der Waals surface area contributed by atoms with Gasteiger partial charge in [-0.15, -0.1) is 13.2 Å². The highest BCUT2D eigenvalue weighted by molar-refractivity contribution is 5.68. The van der Waals surface area contributed by atoms with Gasteiger partial charge in [-0.3, -0.25) is 0 Å². The summed E-state index contributed by atoms with van der Waals surface area (Å²) in [6, 6.07) is 6.81. The monoisotopic (exact) mass is 289 g/mol. The zero-order chi connectivity index (χ0) is 14.9. The summed E-state index contributed by atoms with van der Waals surface area (Å²) in [5, 5.41) is 0. The van der Waals surface area contributed by atoms with Crippen LogP contribution in [0.4, 0.5) is 27.6 Å². The normalized spacial score (nSPS) is 11.4. The molecule has 0 aliphatic heterocycles. The number of benzene rings is 2. The fourth-order valence-corrected chi connectivity index (χ4v) is 1.63. The fraction of sp³-hybridized carbons (Fsp3) is 0.0769. The minimum atomic E-state index is -4.78. The molecule has 2 rings (SSSR count). The average molecular weight is 289 g/mol. The Bertz CT molecular complexity index is 599. The maximum atomic E-state index is 13.2. The maximum Gasteiger partial charge on any atom is 0.573 e. The van der Waals surface area contributed by atoms with Crippen LogP contribution in [0.2, 0.25) is 0 Å². The molecule has 0 aliphatic rings. The smallest absolute Gasteiger partial charge is 0.406 e. The Morgan fingerprint density at radius 3 is 2.00 bits per heavy atom. The van der Waals surface area contributed by atoms with Crippen LogP contribution in [-0.4, -0.2) is 6.36 Å². The highest BCUT2D eigenvalue weighted by Gasteiger charge is 2.30. The Morgan fingerprint density at radius 2 is 1.50 bits per heavy atom. The number of alkyl halides is 3. The van der Waals surface area contributed by atoms with Crippen molar-refractivity contribution in [2.75, 3.05) is 5.73 Å². The van der Waals surface area contributed by atoms with Gasteiger partial charge < -0.3 is 10.5 Å². The first-order valence-corrected chi connectivity index (χ1v) is 5.37. The molecule has 0 amide bonds. The summed E-state index contributed by atoms with van der Waals surface area (Å²) in [5.74, 6) is -2.70. The minimum absolute atomic E-state index is 0.250. The molecule has 7 heteroatoms. The molecule has 0 saturated carbocycles. The highest BCUT2D eigenvalue weighted by Crippen LogP contribution is 2.29. The molecule has 0 aliphatic carbocycles. The summed E-state index contributed by atoms with van der Waals surface area (Å²) in [6.07, 6.45) is -4.78. The number of rotatable bonds is 2. The molecule has 2 nitrogen and oxygen atoms in total. The van der Waals surface area contributed by atoms with Crippen molar-refractivity contribution in [2.45, 2.75) is 6.36 Å². The zero-order valence-corrected chi connectivity index (χ0v) is 9.84. The number of ether oxygens (including phenoxy) is 1. The maximum absolute atomic E-state index is 13.2. The lowest BCUT2D eigenvalue weighted by molar-refractivity contribution is -0.274. The van der Waals surface area contributed by atoms with E-state index in [0.717, 1.165) is 18.2 Å². The van der Waals surface area contributed by atoms with E-state index in [4.69, 9.17) is 5.73 Å². The van der Waals surface area contributed by atoms with Crippen LogP contribution >= 0.6 is 0 Å². The molecule has 0 radical (unpaired) electrons. The first-order chi connectivity index (χ1) is 9.26. The van der Waals surface area contributed by atoms with Crippen molar-refractivity contribution >= 4 is 5.69 Å². The van der Waals surface area contributed by atoms with Gasteiger partial charge >= 0.3 is 6.36 Å². The molecule has 0 saturated heterocycles. The van der Waals surface area contributed by atoms with Crippen LogP contribution in [-0.2, 0) is 0 Å². The third-order valence-corrected chi connectivity index (χ3v) is 2.48. The van der Waals surface area contributed by atoms with E-state index in [1.54, 1.807) is 0 Å². The Morgan fingerprint density at radius 1 is 0.900 bits per heavy atom. The van der Waals surface area contributed by atoms with Gasteiger partial charge in [0.1, 0.15) is 5.75 Å². The van der Waals surface area contributed by atoms with Gasteiger partial charge in [0.15, 0.2) is 11.6 Å². The molecule has 106 valence electrons. The molecular formula is C13H8F5NO. The Balaban J connectivity index is 2.31. The summed E-state index contributed by atoms with van der Waals surface area (Å²) < 4.78 is 65.9. The van der Waals surface area contributed by atoms with Crippen LogP contribution in [0.25, 0.3) is 11.1 Å². The van der Waals surface area contributed by atoms with E-state index < -0.39 is 23.7 Å². The number of anilines is 1. The van der Waals surface area contributed by atoms with Crippen molar-refractivity contribution in [3.05, 3.63) is 48.0 Å². The summed E-state index contributed by atoms with van der Waals surface area (Å²) >= 11 is 0. The van der Waals surface area contributed by atoms with Crippen LogP contribution in [0.5, 0.6) is 5.75 Å². The van der Waals surface area contributed by atoms with Crippen LogP contribution in [0, 0.1) is 11.6 Å². The minimum Gasteiger partial charge on any atom is -0.406 e. The van der Waals surface area contributed by atoms with Gasteiger partial charge in [-0.25, -0.2) is 8.78 Å². The van der Waals surface area contributed by atoms with Crippen molar-refractivity contribution in [3.8, 4) is 16.9 Å². The standard InChI is InChI=1S/C13H8F5NO/c14-10-5-8(6-11(19)12(10)15)7-1-3-9(4-2-7)20-13(16,17)18/h1-6H,19H2. The van der Waals surface area contributed by atoms with Crippen molar-refractivity contribution in [1.82, 2.24) is 0 Å². The van der Waals surface area contributed by atoms with E-state index in [0.29, 0.717) is 5.56 Å². The molecule has 0 bridgehead atoms. The van der Waals surface area contributed by atoms with E-state index in [-0.39, 0.29) is 11.3 Å². The average Bonchev–Trinajstić information content (AvgIpc) is 2.34. The van der Waals surface area contributed by atoms with Gasteiger partial charge in [0.05, 0.1) is 5.69 Å². The molecular weight excluding hydrogens is 281 g/mol. The first kappa shape index (κ1) is 14.1. The van der Waals surface area contributed by atoms with Crippen LogP contribution in [0.3, 0.4) is 0 Å². The van der Waals surface area contributed by atoms with Gasteiger partial charge in [0, 0.05) is 0 Å². The summed E-state index contributed by atoms with van der Waals surface area (Å²) in [4.78, 5) is 0. The molecule has 2 aromatic carbocycles. The SMILES string of the molecule is Nc1cc(-c2ccc(OC(F)(F)F)cc2)cc(F)c1F. The van der Waals surface area contributed by atoms with E-state index in [9.17, 15) is 22.0 Å². The van der Waals surface area contributed by atoms with Crippen LogP contribution < -0.4 is 10.5 Å². The molecule has 0 unspecified atom stereocenters. The largest absolute Gasteiger partial charge is 0.573 e. The number of hydrogen-bond acceptors (Lipinski definition) is 2. The second-order valence-corrected chi connectivity index (χ2v) is 3.93. The summed E-state index contributed by atoms with van der Waals surface area (Å²) in [5.41, 5.74) is 5.53. The topological polar surface area (TPSA) is 35.2 Å². The van der Waals surface area contributed by atoms with E-state index in [2.05, 4.69) is 4.74 Å². The molecule has 2 aromatic rings. The van der Waals surface area contributed by atoms with Crippen molar-refractivity contribution in [2.24, 2.45) is 0 Å². The van der Waals surface area contributed by atoms with Gasteiger partial charge in [-0.1, -0.05) is 12.1 Å². The van der Waals surface area contributed by atoms with E-state index in [1.807, 2.05) is 0 Å². The Kier molecular flexibility index (Phi) is 3.52. The van der Waals surface area contributed by atoms with Gasteiger partial charge in [-0.05, 0) is 35.4 Å². The molecule has 0 fully saturated rings. The molecule has 20 heavy (non-hydrogen) atoms. The van der Waals surface area contributed by atoms with Crippen molar-refractivity contribution in [1.29, 1.82) is 0 Å². The fourth-order valence-electron chi connectivity index (χ4n) is 1.63. The first-order valence-electron chi connectivity index (χ1n) is 5.37. The Hall–Kier alpha value is -2.31. The molecule has 0 aromatic heterocycles. The lowest BCUT2D eigenvalue weighted by Crippen LogP contribution is -2.16. The second kappa shape index (κ2) is 4.99. The third-order valence-electron chi connectivity index (χ3n) is 2.48. The lowest BCUT2D eigenvalue weighted by Gasteiger charge is -2.10. The highest BCUT2D eigenvalue weighted by atomic mass is 19.4. The summed E-state index contributed by atoms with van der Waals surface area (Å²) in [7, 11) is 0. The van der Waals surface area contributed by atoms with E-state index in [1.165, 1.54) is 18.2 Å². The van der Waals surface area contributed by atoms with Crippen molar-refractivity contribution < 1.29 is 26.7 Å². The summed E-state index contributed by atoms with van der Waals surface area (Å²) in [6.45, 7) is 0. The van der Waals surface area contributed by atoms with Crippen LogP contribution in [0.15, 0.2) is 36.4 Å².